The van der Waals surface area contributed by atoms with E-state index in [1.165, 1.54) is 0 Å². The van der Waals surface area contributed by atoms with Gasteiger partial charge in [0.2, 0.25) is 15.9 Å². The Hall–Kier alpha value is -3.83. The second-order valence-corrected chi connectivity index (χ2v) is 12.9. The number of benzene rings is 2. The van der Waals surface area contributed by atoms with E-state index in [0.29, 0.717) is 38.6 Å². The summed E-state index contributed by atoms with van der Waals surface area (Å²) in [5.41, 5.74) is 10.0. The van der Waals surface area contributed by atoms with Gasteiger partial charge in [0, 0.05) is 73.1 Å². The number of nitrogens with zero attached hydrogens (tertiary/aromatic N) is 3. The average Bonchev–Trinajstić information content (AvgIpc) is 2.95. The van der Waals surface area contributed by atoms with Gasteiger partial charge in [-0.1, -0.05) is 18.2 Å². The molecule has 4 N–H and O–H groups in total. The lowest BCUT2D eigenvalue weighted by Gasteiger charge is -2.36. The van der Waals surface area contributed by atoms with Crippen molar-refractivity contribution in [1.82, 2.24) is 9.29 Å². The van der Waals surface area contributed by atoms with E-state index in [9.17, 15) is 13.2 Å². The lowest BCUT2D eigenvalue weighted by Crippen LogP contribution is -2.50. The van der Waals surface area contributed by atoms with Gasteiger partial charge in [0.25, 0.3) is 0 Å². The van der Waals surface area contributed by atoms with E-state index in [4.69, 9.17) is 10.5 Å². The SMILES string of the molecule is CC(C)S(=O)(=O)N1CCN(c2ccc(Nc3cc(NC4CCOc5ccccc54)c(CC(N)=O)cn3)cc2)CC1. The van der Waals surface area contributed by atoms with Crippen LogP contribution in [0.3, 0.4) is 0 Å². The van der Waals surface area contributed by atoms with Crippen LogP contribution in [0.5, 0.6) is 5.75 Å². The highest BCUT2D eigenvalue weighted by molar-refractivity contribution is 7.89. The highest BCUT2D eigenvalue weighted by Crippen LogP contribution is 2.35. The molecule has 3 aromatic rings. The van der Waals surface area contributed by atoms with Crippen molar-refractivity contribution in [1.29, 1.82) is 0 Å². The Kier molecular flexibility index (Phi) is 8.13. The summed E-state index contributed by atoms with van der Waals surface area (Å²) in [6, 6.07) is 17.9. The predicted molar refractivity (Wildman–Crippen MR) is 158 cm³/mol. The fourth-order valence-electron chi connectivity index (χ4n) is 5.10. The van der Waals surface area contributed by atoms with Crippen molar-refractivity contribution < 1.29 is 17.9 Å². The Morgan fingerprint density at radius 1 is 1.10 bits per heavy atom. The van der Waals surface area contributed by atoms with Crippen molar-refractivity contribution in [3.8, 4) is 5.75 Å². The molecule has 1 fully saturated rings. The third-order valence-electron chi connectivity index (χ3n) is 7.34. The number of nitrogens with two attached hydrogens (primary N) is 1. The number of primary amides is 1. The second-order valence-electron chi connectivity index (χ2n) is 10.4. The molecule has 212 valence electrons. The molecular formula is C29H36N6O4S. The Morgan fingerprint density at radius 2 is 1.82 bits per heavy atom. The number of hydrogen-bond donors (Lipinski definition) is 3. The zero-order valence-corrected chi connectivity index (χ0v) is 23.7. The van der Waals surface area contributed by atoms with Crippen LogP contribution in [-0.4, -0.2) is 61.7 Å². The van der Waals surface area contributed by atoms with Crippen molar-refractivity contribution in [3.05, 3.63) is 71.9 Å². The third kappa shape index (κ3) is 6.15. The number of ether oxygens (including phenoxy) is 1. The summed E-state index contributed by atoms with van der Waals surface area (Å²) < 4.78 is 32.3. The number of pyridine rings is 1. The number of anilines is 4. The normalized spacial score (nSPS) is 17.7. The number of sulfonamides is 1. The first kappa shape index (κ1) is 27.7. The summed E-state index contributed by atoms with van der Waals surface area (Å²) >= 11 is 0. The van der Waals surface area contributed by atoms with Crippen LogP contribution in [0.4, 0.5) is 22.9 Å². The third-order valence-corrected chi connectivity index (χ3v) is 9.61. The van der Waals surface area contributed by atoms with Gasteiger partial charge in [0.05, 0.1) is 24.3 Å². The minimum absolute atomic E-state index is 0.0297. The van der Waals surface area contributed by atoms with Crippen molar-refractivity contribution in [2.75, 3.05) is 48.3 Å². The number of para-hydroxylation sites is 1. The lowest BCUT2D eigenvalue weighted by atomic mass is 9.99. The van der Waals surface area contributed by atoms with Gasteiger partial charge >= 0.3 is 0 Å². The fraction of sp³-hybridized carbons (Fsp3) is 0.379. The van der Waals surface area contributed by atoms with Gasteiger partial charge in [0.15, 0.2) is 0 Å². The highest BCUT2D eigenvalue weighted by atomic mass is 32.2. The summed E-state index contributed by atoms with van der Waals surface area (Å²) in [5, 5.41) is 6.53. The Labute approximate surface area is 235 Å². The molecule has 40 heavy (non-hydrogen) atoms. The van der Waals surface area contributed by atoms with E-state index in [2.05, 4.69) is 20.5 Å². The maximum atomic E-state index is 12.5. The van der Waals surface area contributed by atoms with Gasteiger partial charge in [-0.2, -0.15) is 4.31 Å². The van der Waals surface area contributed by atoms with Crippen LogP contribution in [-0.2, 0) is 21.2 Å². The first-order chi connectivity index (χ1) is 19.2. The molecule has 1 aromatic heterocycles. The van der Waals surface area contributed by atoms with Crippen LogP contribution in [0, 0.1) is 0 Å². The van der Waals surface area contributed by atoms with E-state index in [1.54, 1.807) is 24.3 Å². The number of rotatable bonds is 9. The molecule has 3 heterocycles. The molecule has 0 radical (unpaired) electrons. The van der Waals surface area contributed by atoms with Crippen LogP contribution in [0.2, 0.25) is 0 Å². The quantitative estimate of drug-likeness (QED) is 0.359. The summed E-state index contributed by atoms with van der Waals surface area (Å²) in [7, 11) is -3.23. The minimum atomic E-state index is -3.23. The smallest absolute Gasteiger partial charge is 0.221 e. The monoisotopic (exact) mass is 564 g/mol. The van der Waals surface area contributed by atoms with Gasteiger partial charge in [-0.25, -0.2) is 13.4 Å². The van der Waals surface area contributed by atoms with Crippen LogP contribution in [0.25, 0.3) is 0 Å². The Morgan fingerprint density at radius 3 is 2.52 bits per heavy atom. The van der Waals surface area contributed by atoms with Crippen molar-refractivity contribution in [2.24, 2.45) is 5.73 Å². The maximum Gasteiger partial charge on any atom is 0.221 e. The van der Waals surface area contributed by atoms with Gasteiger partial charge in [-0.05, 0) is 44.2 Å². The molecule has 1 atom stereocenters. The molecule has 1 unspecified atom stereocenters. The van der Waals surface area contributed by atoms with Crippen molar-refractivity contribution >= 4 is 38.8 Å². The van der Waals surface area contributed by atoms with Crippen molar-refractivity contribution in [3.63, 3.8) is 0 Å². The summed E-state index contributed by atoms with van der Waals surface area (Å²) in [4.78, 5) is 18.5. The molecule has 5 rings (SSSR count). The molecule has 0 spiro atoms. The largest absolute Gasteiger partial charge is 0.493 e. The molecule has 0 bridgehead atoms. The number of carbonyl (C=O) groups is 1. The zero-order chi connectivity index (χ0) is 28.3. The second kappa shape index (κ2) is 11.7. The standard InChI is InChI=1S/C29H36N6O4S/c1-20(2)40(37,38)35-14-12-34(13-15-35)23-9-7-22(8-10-23)32-29-18-26(21(19-31-29)17-28(30)36)33-25-11-16-39-27-6-4-3-5-24(25)27/h3-10,18-20,25H,11-17H2,1-2H3,(H2,30,36)(H2,31,32,33). The van der Waals surface area contributed by atoms with E-state index in [0.717, 1.165) is 40.4 Å². The molecule has 11 heteroatoms. The van der Waals surface area contributed by atoms with Gasteiger partial charge in [-0.15, -0.1) is 0 Å². The number of aromatic nitrogens is 1. The van der Waals surface area contributed by atoms with Gasteiger partial charge < -0.3 is 26.0 Å². The Balaban J connectivity index is 1.28. The Bertz CT molecular complexity index is 1450. The summed E-state index contributed by atoms with van der Waals surface area (Å²) in [6.07, 6.45) is 2.55. The summed E-state index contributed by atoms with van der Waals surface area (Å²) in [5.74, 6) is 1.07. The van der Waals surface area contributed by atoms with Crippen molar-refractivity contribution in [2.45, 2.75) is 38.0 Å². The number of nitrogens with one attached hydrogen (secondary N) is 2. The van der Waals surface area contributed by atoms with E-state index < -0.39 is 21.2 Å². The highest BCUT2D eigenvalue weighted by Gasteiger charge is 2.29. The maximum absolute atomic E-state index is 12.5. The average molecular weight is 565 g/mol. The number of carbonyl (C=O) groups excluding carboxylic acids is 1. The topological polar surface area (TPSA) is 130 Å². The summed E-state index contributed by atoms with van der Waals surface area (Å²) in [6.45, 7) is 6.29. The fourth-order valence-corrected chi connectivity index (χ4v) is 6.37. The molecule has 1 saturated heterocycles. The van der Waals surface area contributed by atoms with E-state index in [1.807, 2.05) is 54.6 Å². The van der Waals surface area contributed by atoms with Crippen LogP contribution in [0.15, 0.2) is 60.8 Å². The van der Waals surface area contributed by atoms with Crippen LogP contribution >= 0.6 is 0 Å². The van der Waals surface area contributed by atoms with Gasteiger partial charge in [0.1, 0.15) is 11.6 Å². The minimum Gasteiger partial charge on any atom is -0.493 e. The number of fused-ring (bicyclic) bond motifs is 1. The number of hydrogen-bond acceptors (Lipinski definition) is 8. The molecule has 2 aliphatic rings. The van der Waals surface area contributed by atoms with E-state index in [-0.39, 0.29) is 12.5 Å². The molecular weight excluding hydrogens is 528 g/mol. The van der Waals surface area contributed by atoms with Crippen LogP contribution in [0.1, 0.15) is 37.4 Å². The molecule has 0 aliphatic carbocycles. The zero-order valence-electron chi connectivity index (χ0n) is 22.8. The molecule has 2 aliphatic heterocycles. The first-order valence-electron chi connectivity index (χ1n) is 13.6. The predicted octanol–water partition coefficient (Wildman–Crippen LogP) is 3.65. The number of piperazine rings is 1. The number of amides is 1. The van der Waals surface area contributed by atoms with Gasteiger partial charge in [-0.3, -0.25) is 4.79 Å². The van der Waals surface area contributed by atoms with E-state index >= 15 is 0 Å². The molecule has 10 nitrogen and oxygen atoms in total. The molecule has 0 saturated carbocycles. The molecule has 2 aromatic carbocycles. The lowest BCUT2D eigenvalue weighted by molar-refractivity contribution is -0.117. The molecule has 1 amide bonds. The first-order valence-corrected chi connectivity index (χ1v) is 15.1. The van der Waals surface area contributed by atoms with Crippen LogP contribution < -0.4 is 26.0 Å².